The molecule has 1 saturated heterocycles. The highest BCUT2D eigenvalue weighted by Crippen LogP contribution is 2.32. The molecule has 1 aliphatic rings. The lowest BCUT2D eigenvalue weighted by molar-refractivity contribution is -0.117. The molecule has 98 valence electrons. The number of nitrogens with zero attached hydrogens (tertiary/aromatic N) is 1. The van der Waals surface area contributed by atoms with Gasteiger partial charge in [-0.1, -0.05) is 15.9 Å². The van der Waals surface area contributed by atoms with Gasteiger partial charge in [-0.15, -0.1) is 0 Å². The molecule has 1 unspecified atom stereocenters. The third kappa shape index (κ3) is 2.11. The monoisotopic (exact) mass is 325 g/mol. The van der Waals surface area contributed by atoms with E-state index in [1.165, 1.54) is 0 Å². The lowest BCUT2D eigenvalue weighted by atomic mass is 10.2. The maximum absolute atomic E-state index is 13.5. The normalized spacial score (nSPS) is 19.7. The van der Waals surface area contributed by atoms with E-state index in [-0.39, 0.29) is 24.9 Å². The molecule has 0 spiro atoms. The van der Waals surface area contributed by atoms with Crippen LogP contribution in [-0.2, 0) is 4.79 Å². The fourth-order valence-corrected chi connectivity index (χ4v) is 2.33. The largest absolute Gasteiger partial charge is 0.307 e. The number of amides is 1. The maximum atomic E-state index is 13.5. The number of benzene rings is 1. The minimum absolute atomic E-state index is 0.0286. The zero-order valence-corrected chi connectivity index (χ0v) is 10.6. The summed E-state index contributed by atoms with van der Waals surface area (Å²) in [7, 11) is 0. The van der Waals surface area contributed by atoms with Crippen LogP contribution in [-0.4, -0.2) is 17.8 Å². The molecule has 2 rings (SSSR count). The van der Waals surface area contributed by atoms with Gasteiger partial charge in [-0.2, -0.15) is 0 Å². The zero-order chi connectivity index (χ0) is 13.4. The lowest BCUT2D eigenvalue weighted by Gasteiger charge is -2.18. The number of rotatable bonds is 2. The molecule has 1 amide bonds. The quantitative estimate of drug-likeness (QED) is 0.465. The second-order valence-corrected chi connectivity index (χ2v) is 4.69. The zero-order valence-electron chi connectivity index (χ0n) is 9.02. The third-order valence-electron chi connectivity index (χ3n) is 2.78. The van der Waals surface area contributed by atoms with E-state index < -0.39 is 34.9 Å². The molecule has 1 fully saturated rings. The van der Waals surface area contributed by atoms with Gasteiger partial charge < -0.3 is 4.90 Å². The van der Waals surface area contributed by atoms with Crippen molar-refractivity contribution < 1.29 is 22.4 Å². The predicted octanol–water partition coefficient (Wildman–Crippen LogP) is 2.99. The summed E-state index contributed by atoms with van der Waals surface area (Å²) in [5.41, 5.74) is -0.944. The minimum atomic E-state index is -1.54. The first kappa shape index (κ1) is 13.3. The van der Waals surface area contributed by atoms with Crippen LogP contribution in [0.25, 0.3) is 0 Å². The number of carbonyl (C=O) groups excluding carboxylic acids is 1. The van der Waals surface area contributed by atoms with Gasteiger partial charge in [0.25, 0.3) is 0 Å². The number of halogens is 5. The molecule has 0 saturated carbocycles. The van der Waals surface area contributed by atoms with Crippen LogP contribution >= 0.6 is 15.9 Å². The average molecular weight is 326 g/mol. The van der Waals surface area contributed by atoms with Crippen molar-refractivity contribution in [2.75, 3.05) is 16.8 Å². The Morgan fingerprint density at radius 1 is 1.22 bits per heavy atom. The van der Waals surface area contributed by atoms with Gasteiger partial charge >= 0.3 is 0 Å². The Hall–Kier alpha value is -1.11. The van der Waals surface area contributed by atoms with Crippen molar-refractivity contribution in [3.05, 3.63) is 29.3 Å². The molecule has 1 aliphatic heterocycles. The second kappa shape index (κ2) is 4.87. The second-order valence-electron chi connectivity index (χ2n) is 4.05. The van der Waals surface area contributed by atoms with E-state index in [0.29, 0.717) is 5.33 Å². The Kier molecular flexibility index (Phi) is 3.61. The van der Waals surface area contributed by atoms with E-state index in [1.807, 2.05) is 0 Å². The fraction of sp³-hybridized carbons (Fsp3) is 0.364. The highest BCUT2D eigenvalue weighted by Gasteiger charge is 2.35. The predicted molar refractivity (Wildman–Crippen MR) is 60.5 cm³/mol. The fourth-order valence-electron chi connectivity index (χ4n) is 1.90. The highest BCUT2D eigenvalue weighted by molar-refractivity contribution is 9.09. The SMILES string of the molecule is O=C1CC(CBr)CN1c1c(F)c(F)cc(F)c1F. The number of alkyl halides is 1. The number of hydrogen-bond donors (Lipinski definition) is 0. The van der Waals surface area contributed by atoms with Crippen LogP contribution in [0.3, 0.4) is 0 Å². The van der Waals surface area contributed by atoms with Crippen molar-refractivity contribution in [2.24, 2.45) is 5.92 Å². The molecule has 0 aliphatic carbocycles. The number of carbonyl (C=O) groups is 1. The van der Waals surface area contributed by atoms with E-state index in [9.17, 15) is 22.4 Å². The summed E-state index contributed by atoms with van der Waals surface area (Å²) in [6.45, 7) is 0.0286. The van der Waals surface area contributed by atoms with Gasteiger partial charge in [0.2, 0.25) is 5.91 Å². The summed E-state index contributed by atoms with van der Waals surface area (Å²) < 4.78 is 53.1. The van der Waals surface area contributed by atoms with Crippen LogP contribution in [0.15, 0.2) is 6.07 Å². The van der Waals surface area contributed by atoms with Crippen LogP contribution in [0.1, 0.15) is 6.42 Å². The topological polar surface area (TPSA) is 20.3 Å². The third-order valence-corrected chi connectivity index (χ3v) is 3.70. The van der Waals surface area contributed by atoms with Crippen molar-refractivity contribution in [3.8, 4) is 0 Å². The van der Waals surface area contributed by atoms with Gasteiger partial charge in [0.15, 0.2) is 23.3 Å². The molecule has 1 heterocycles. The Morgan fingerprint density at radius 2 is 1.78 bits per heavy atom. The van der Waals surface area contributed by atoms with Gasteiger partial charge in [0.05, 0.1) is 0 Å². The summed E-state index contributed by atoms with van der Waals surface area (Å²) in [6.07, 6.45) is 0.0856. The van der Waals surface area contributed by atoms with Gasteiger partial charge in [0, 0.05) is 24.4 Å². The molecular formula is C11H8BrF4NO. The van der Waals surface area contributed by atoms with E-state index in [0.717, 1.165) is 4.90 Å². The summed E-state index contributed by atoms with van der Waals surface area (Å²) in [4.78, 5) is 12.4. The molecule has 1 aromatic carbocycles. The standard InChI is InChI=1S/C11H8BrF4NO/c12-3-5-1-8(18)17(4-5)11-9(15)6(13)2-7(14)10(11)16/h2,5H,1,3-4H2. The molecule has 7 heteroatoms. The van der Waals surface area contributed by atoms with Crippen molar-refractivity contribution in [2.45, 2.75) is 6.42 Å². The number of hydrogen-bond acceptors (Lipinski definition) is 1. The van der Waals surface area contributed by atoms with Crippen LogP contribution in [0.4, 0.5) is 23.2 Å². The Labute approximate surface area is 109 Å². The summed E-state index contributed by atoms with van der Waals surface area (Å²) >= 11 is 3.16. The van der Waals surface area contributed by atoms with E-state index >= 15 is 0 Å². The Balaban J connectivity index is 2.48. The Bertz CT molecular complexity index is 482. The maximum Gasteiger partial charge on any atom is 0.227 e. The summed E-state index contributed by atoms with van der Waals surface area (Å²) in [5.74, 6) is -6.81. The average Bonchev–Trinajstić information content (AvgIpc) is 2.69. The molecule has 0 bridgehead atoms. The van der Waals surface area contributed by atoms with Crippen molar-refractivity contribution in [3.63, 3.8) is 0 Å². The van der Waals surface area contributed by atoms with Crippen molar-refractivity contribution in [1.82, 2.24) is 0 Å². The minimum Gasteiger partial charge on any atom is -0.307 e. The van der Waals surface area contributed by atoms with Gasteiger partial charge in [-0.3, -0.25) is 4.79 Å². The number of anilines is 1. The first-order chi connectivity index (χ1) is 8.45. The van der Waals surface area contributed by atoms with E-state index in [4.69, 9.17) is 0 Å². The van der Waals surface area contributed by atoms with Crippen LogP contribution in [0.5, 0.6) is 0 Å². The smallest absolute Gasteiger partial charge is 0.227 e. The van der Waals surface area contributed by atoms with Gasteiger partial charge in [0.1, 0.15) is 5.69 Å². The van der Waals surface area contributed by atoms with E-state index in [2.05, 4.69) is 15.9 Å². The van der Waals surface area contributed by atoms with Crippen LogP contribution in [0.2, 0.25) is 0 Å². The first-order valence-corrected chi connectivity index (χ1v) is 6.27. The molecule has 18 heavy (non-hydrogen) atoms. The molecule has 1 aromatic rings. The van der Waals surface area contributed by atoms with Crippen LogP contribution in [0, 0.1) is 29.2 Å². The van der Waals surface area contributed by atoms with Crippen molar-refractivity contribution in [1.29, 1.82) is 0 Å². The Morgan fingerprint density at radius 3 is 2.22 bits per heavy atom. The van der Waals surface area contributed by atoms with Crippen LogP contribution < -0.4 is 4.90 Å². The van der Waals surface area contributed by atoms with Gasteiger partial charge in [-0.05, 0) is 5.92 Å². The molecule has 2 nitrogen and oxygen atoms in total. The highest BCUT2D eigenvalue weighted by atomic mass is 79.9. The molecule has 0 N–H and O–H groups in total. The van der Waals surface area contributed by atoms with Crippen molar-refractivity contribution >= 4 is 27.5 Å². The molecule has 1 atom stereocenters. The molecule has 0 aromatic heterocycles. The van der Waals surface area contributed by atoms with E-state index in [1.54, 1.807) is 0 Å². The summed E-state index contributed by atoms with van der Waals surface area (Å²) in [6, 6.07) is 0.122. The molecule has 0 radical (unpaired) electrons. The molecular weight excluding hydrogens is 318 g/mol. The van der Waals surface area contributed by atoms with Gasteiger partial charge in [-0.25, -0.2) is 17.6 Å². The summed E-state index contributed by atoms with van der Waals surface area (Å²) in [5, 5.41) is 0.469. The first-order valence-electron chi connectivity index (χ1n) is 5.15. The lowest BCUT2D eigenvalue weighted by Crippen LogP contribution is -2.27.